The third kappa shape index (κ3) is 5.30. The Morgan fingerprint density at radius 1 is 1.19 bits per heavy atom. The second-order valence-corrected chi connectivity index (χ2v) is 7.40. The van der Waals surface area contributed by atoms with Crippen LogP contribution in [0.15, 0.2) is 34.9 Å². The minimum atomic E-state index is 0.0938. The van der Waals surface area contributed by atoms with Crippen molar-refractivity contribution in [1.82, 2.24) is 20.3 Å². The Balaban J connectivity index is 1.48. The largest absolute Gasteiger partial charge is 0.359 e. The van der Waals surface area contributed by atoms with Gasteiger partial charge in [-0.1, -0.05) is 28.9 Å². The summed E-state index contributed by atoms with van der Waals surface area (Å²) in [4.78, 5) is 16.4. The quantitative estimate of drug-likeness (QED) is 0.839. The van der Waals surface area contributed by atoms with Crippen molar-refractivity contribution in [3.63, 3.8) is 0 Å². The SMILES string of the molecule is CC(C)NC(=O)CN1CCN(Cc2cc(-c3ccc(Cl)cc3)no2)CC1. The van der Waals surface area contributed by atoms with Gasteiger partial charge in [0.15, 0.2) is 5.76 Å². The lowest BCUT2D eigenvalue weighted by Gasteiger charge is -2.33. The summed E-state index contributed by atoms with van der Waals surface area (Å²) in [5.41, 5.74) is 1.81. The summed E-state index contributed by atoms with van der Waals surface area (Å²) < 4.78 is 5.48. The van der Waals surface area contributed by atoms with Gasteiger partial charge in [-0.15, -0.1) is 0 Å². The van der Waals surface area contributed by atoms with Gasteiger partial charge in [0.1, 0.15) is 5.69 Å². The third-order valence-electron chi connectivity index (χ3n) is 4.36. The Bertz CT molecular complexity index is 721. The van der Waals surface area contributed by atoms with Crippen molar-refractivity contribution in [1.29, 1.82) is 0 Å². The lowest BCUT2D eigenvalue weighted by atomic mass is 10.1. The molecule has 0 atom stereocenters. The number of hydrogen-bond acceptors (Lipinski definition) is 5. The molecule has 1 N–H and O–H groups in total. The first kappa shape index (κ1) is 18.9. The minimum Gasteiger partial charge on any atom is -0.359 e. The van der Waals surface area contributed by atoms with Crippen molar-refractivity contribution in [3.8, 4) is 11.3 Å². The molecule has 0 spiro atoms. The van der Waals surface area contributed by atoms with Crippen LogP contribution in [0.25, 0.3) is 11.3 Å². The fourth-order valence-electron chi connectivity index (χ4n) is 3.04. The molecule has 7 heteroatoms. The minimum absolute atomic E-state index is 0.0938. The highest BCUT2D eigenvalue weighted by atomic mass is 35.5. The molecule has 1 aliphatic rings. The van der Waals surface area contributed by atoms with Crippen LogP contribution in [0.4, 0.5) is 0 Å². The Hall–Kier alpha value is -1.89. The molecular formula is C19H25ClN4O2. The molecule has 1 aliphatic heterocycles. The van der Waals surface area contributed by atoms with Gasteiger partial charge in [0, 0.05) is 48.9 Å². The Labute approximate surface area is 159 Å². The maximum Gasteiger partial charge on any atom is 0.234 e. The summed E-state index contributed by atoms with van der Waals surface area (Å²) in [5.74, 6) is 0.942. The van der Waals surface area contributed by atoms with Gasteiger partial charge in [0.25, 0.3) is 0 Å². The lowest BCUT2D eigenvalue weighted by molar-refractivity contribution is -0.123. The summed E-state index contributed by atoms with van der Waals surface area (Å²) in [6.07, 6.45) is 0. The number of rotatable bonds is 6. The van der Waals surface area contributed by atoms with Crippen LogP contribution in [0.3, 0.4) is 0 Å². The van der Waals surface area contributed by atoms with E-state index in [2.05, 4.69) is 20.3 Å². The Kier molecular flexibility index (Phi) is 6.29. The molecule has 2 heterocycles. The number of carbonyl (C=O) groups excluding carboxylic acids is 1. The summed E-state index contributed by atoms with van der Waals surface area (Å²) in [7, 11) is 0. The molecule has 1 aromatic heterocycles. The molecule has 0 aliphatic carbocycles. The van der Waals surface area contributed by atoms with E-state index in [1.807, 2.05) is 44.2 Å². The van der Waals surface area contributed by atoms with Crippen LogP contribution in [0.5, 0.6) is 0 Å². The fraction of sp³-hybridized carbons (Fsp3) is 0.474. The van der Waals surface area contributed by atoms with E-state index in [9.17, 15) is 4.79 Å². The standard InChI is InChI=1S/C19H25ClN4O2/c1-14(2)21-19(25)13-24-9-7-23(8-10-24)12-17-11-18(22-26-17)15-3-5-16(20)6-4-15/h3-6,11,14H,7-10,12-13H2,1-2H3,(H,21,25). The first-order valence-electron chi connectivity index (χ1n) is 8.95. The van der Waals surface area contributed by atoms with Crippen molar-refractivity contribution in [2.45, 2.75) is 26.4 Å². The van der Waals surface area contributed by atoms with Gasteiger partial charge in [-0.2, -0.15) is 0 Å². The van der Waals surface area contributed by atoms with Crippen LogP contribution >= 0.6 is 11.6 Å². The van der Waals surface area contributed by atoms with Crippen molar-refractivity contribution in [2.24, 2.45) is 0 Å². The average molecular weight is 377 g/mol. The zero-order valence-electron chi connectivity index (χ0n) is 15.2. The van der Waals surface area contributed by atoms with Crippen LogP contribution in [0.1, 0.15) is 19.6 Å². The van der Waals surface area contributed by atoms with Crippen LogP contribution in [-0.2, 0) is 11.3 Å². The van der Waals surface area contributed by atoms with Crippen LogP contribution in [-0.4, -0.2) is 59.6 Å². The zero-order chi connectivity index (χ0) is 18.5. The van der Waals surface area contributed by atoms with E-state index in [0.717, 1.165) is 49.7 Å². The van der Waals surface area contributed by atoms with E-state index in [0.29, 0.717) is 11.6 Å². The van der Waals surface area contributed by atoms with E-state index in [1.54, 1.807) is 0 Å². The van der Waals surface area contributed by atoms with E-state index in [1.165, 1.54) is 0 Å². The molecule has 0 unspecified atom stereocenters. The number of aromatic nitrogens is 1. The van der Waals surface area contributed by atoms with Crippen molar-refractivity contribution in [2.75, 3.05) is 32.7 Å². The van der Waals surface area contributed by atoms with Crippen LogP contribution in [0.2, 0.25) is 5.02 Å². The van der Waals surface area contributed by atoms with Gasteiger partial charge in [0.2, 0.25) is 5.91 Å². The van der Waals surface area contributed by atoms with Gasteiger partial charge in [-0.3, -0.25) is 14.6 Å². The number of nitrogens with one attached hydrogen (secondary N) is 1. The average Bonchev–Trinajstić information content (AvgIpc) is 3.05. The molecule has 0 bridgehead atoms. The number of benzene rings is 1. The molecule has 2 aromatic rings. The second kappa shape index (κ2) is 8.66. The summed E-state index contributed by atoms with van der Waals surface area (Å²) in [5, 5.41) is 7.80. The molecule has 1 amide bonds. The highest BCUT2D eigenvalue weighted by molar-refractivity contribution is 6.30. The third-order valence-corrected chi connectivity index (χ3v) is 4.61. The molecule has 1 aromatic carbocycles. The Morgan fingerprint density at radius 2 is 1.85 bits per heavy atom. The maximum atomic E-state index is 11.9. The van der Waals surface area contributed by atoms with E-state index in [-0.39, 0.29) is 11.9 Å². The normalized spacial score (nSPS) is 16.2. The van der Waals surface area contributed by atoms with Gasteiger partial charge in [-0.25, -0.2) is 0 Å². The fourth-order valence-corrected chi connectivity index (χ4v) is 3.17. The molecule has 0 radical (unpaired) electrons. The summed E-state index contributed by atoms with van der Waals surface area (Å²) in [6.45, 7) is 8.73. The molecule has 140 valence electrons. The molecular weight excluding hydrogens is 352 g/mol. The summed E-state index contributed by atoms with van der Waals surface area (Å²) >= 11 is 5.92. The first-order valence-corrected chi connectivity index (χ1v) is 9.33. The molecule has 6 nitrogen and oxygen atoms in total. The molecule has 3 rings (SSSR count). The topological polar surface area (TPSA) is 61.6 Å². The highest BCUT2D eigenvalue weighted by Gasteiger charge is 2.20. The predicted octanol–water partition coefficient (Wildman–Crippen LogP) is 2.64. The molecule has 0 saturated carbocycles. The van der Waals surface area contributed by atoms with E-state index < -0.39 is 0 Å². The lowest BCUT2D eigenvalue weighted by Crippen LogP contribution is -2.49. The van der Waals surface area contributed by atoms with Gasteiger partial charge in [-0.05, 0) is 26.0 Å². The number of piperazine rings is 1. The van der Waals surface area contributed by atoms with Crippen LogP contribution in [0, 0.1) is 0 Å². The molecule has 26 heavy (non-hydrogen) atoms. The van der Waals surface area contributed by atoms with Crippen molar-refractivity contribution >= 4 is 17.5 Å². The number of nitrogens with zero attached hydrogens (tertiary/aromatic N) is 3. The van der Waals surface area contributed by atoms with Gasteiger partial charge < -0.3 is 9.84 Å². The van der Waals surface area contributed by atoms with Gasteiger partial charge >= 0.3 is 0 Å². The Morgan fingerprint density at radius 3 is 2.50 bits per heavy atom. The molecule has 1 fully saturated rings. The van der Waals surface area contributed by atoms with Crippen molar-refractivity contribution < 1.29 is 9.32 Å². The highest BCUT2D eigenvalue weighted by Crippen LogP contribution is 2.22. The second-order valence-electron chi connectivity index (χ2n) is 6.96. The predicted molar refractivity (Wildman–Crippen MR) is 102 cm³/mol. The number of hydrogen-bond donors (Lipinski definition) is 1. The van der Waals surface area contributed by atoms with Crippen LogP contribution < -0.4 is 5.32 Å². The first-order chi connectivity index (χ1) is 12.5. The number of amides is 1. The smallest absolute Gasteiger partial charge is 0.234 e. The molecule has 1 saturated heterocycles. The monoisotopic (exact) mass is 376 g/mol. The summed E-state index contributed by atoms with van der Waals surface area (Å²) in [6, 6.07) is 9.73. The van der Waals surface area contributed by atoms with E-state index in [4.69, 9.17) is 16.1 Å². The van der Waals surface area contributed by atoms with Crippen molar-refractivity contribution in [3.05, 3.63) is 41.1 Å². The maximum absolute atomic E-state index is 11.9. The van der Waals surface area contributed by atoms with Gasteiger partial charge in [0.05, 0.1) is 13.1 Å². The number of carbonyl (C=O) groups is 1. The van der Waals surface area contributed by atoms with E-state index >= 15 is 0 Å². The number of halogens is 1. The zero-order valence-corrected chi connectivity index (χ0v) is 16.0.